The number of rotatable bonds is 7. The largest absolute Gasteiger partial charge is 0.459 e. The van der Waals surface area contributed by atoms with Gasteiger partial charge in [-0.05, 0) is 24.3 Å². The standard InChI is InChI=1S/C15H14N2O5S/c1-2-7-16-12(18)9-22-15(20)11-5-6-13(23-11)17-14(19)10-4-3-8-21-10/h2-6,8H,1,7,9H2,(H,16,18)(H,17,19). The van der Waals surface area contributed by atoms with Crippen LogP contribution in [0.4, 0.5) is 5.00 Å². The van der Waals surface area contributed by atoms with E-state index in [1.807, 2.05) is 0 Å². The number of esters is 1. The highest BCUT2D eigenvalue weighted by Gasteiger charge is 2.15. The molecule has 0 aliphatic heterocycles. The van der Waals surface area contributed by atoms with Gasteiger partial charge in [-0.2, -0.15) is 0 Å². The van der Waals surface area contributed by atoms with Crippen molar-refractivity contribution in [3.05, 3.63) is 53.8 Å². The summed E-state index contributed by atoms with van der Waals surface area (Å²) < 4.78 is 9.84. The second-order valence-electron chi connectivity index (χ2n) is 4.26. The van der Waals surface area contributed by atoms with E-state index in [-0.39, 0.29) is 17.2 Å². The van der Waals surface area contributed by atoms with E-state index in [4.69, 9.17) is 9.15 Å². The molecular weight excluding hydrogens is 320 g/mol. The second kappa shape index (κ2) is 7.95. The van der Waals surface area contributed by atoms with Crippen molar-refractivity contribution in [3.8, 4) is 0 Å². The summed E-state index contributed by atoms with van der Waals surface area (Å²) in [5, 5.41) is 5.56. The fourth-order valence-electron chi connectivity index (χ4n) is 1.54. The van der Waals surface area contributed by atoms with E-state index in [0.717, 1.165) is 11.3 Å². The van der Waals surface area contributed by atoms with Gasteiger partial charge in [-0.15, -0.1) is 17.9 Å². The first kappa shape index (κ1) is 16.5. The second-order valence-corrected chi connectivity index (χ2v) is 5.35. The third kappa shape index (κ3) is 4.82. The number of ether oxygens (including phenoxy) is 1. The highest BCUT2D eigenvalue weighted by atomic mass is 32.1. The van der Waals surface area contributed by atoms with Gasteiger partial charge in [0.2, 0.25) is 0 Å². The lowest BCUT2D eigenvalue weighted by Crippen LogP contribution is -2.28. The van der Waals surface area contributed by atoms with Gasteiger partial charge in [0.1, 0.15) is 4.88 Å². The normalized spacial score (nSPS) is 9.91. The maximum Gasteiger partial charge on any atom is 0.348 e. The van der Waals surface area contributed by atoms with Crippen molar-refractivity contribution in [1.82, 2.24) is 5.32 Å². The van der Waals surface area contributed by atoms with Gasteiger partial charge in [0.05, 0.1) is 11.3 Å². The van der Waals surface area contributed by atoms with Crippen molar-refractivity contribution >= 4 is 34.1 Å². The molecule has 2 rings (SSSR count). The Morgan fingerprint density at radius 3 is 2.83 bits per heavy atom. The fraction of sp³-hybridized carbons (Fsp3) is 0.133. The molecule has 0 saturated heterocycles. The monoisotopic (exact) mass is 334 g/mol. The zero-order valence-electron chi connectivity index (χ0n) is 12.0. The maximum atomic E-state index is 11.8. The molecule has 0 aromatic carbocycles. The van der Waals surface area contributed by atoms with Crippen LogP contribution < -0.4 is 10.6 Å². The van der Waals surface area contributed by atoms with E-state index in [2.05, 4.69) is 17.2 Å². The molecule has 2 aromatic heterocycles. The molecule has 0 bridgehead atoms. The lowest BCUT2D eigenvalue weighted by Gasteiger charge is -2.03. The first-order valence-electron chi connectivity index (χ1n) is 6.59. The number of furan rings is 1. The Morgan fingerprint density at radius 2 is 2.13 bits per heavy atom. The highest BCUT2D eigenvalue weighted by Crippen LogP contribution is 2.23. The predicted molar refractivity (Wildman–Crippen MR) is 84.5 cm³/mol. The summed E-state index contributed by atoms with van der Waals surface area (Å²) >= 11 is 1.04. The van der Waals surface area contributed by atoms with Crippen LogP contribution in [-0.4, -0.2) is 30.9 Å². The topological polar surface area (TPSA) is 97.6 Å². The van der Waals surface area contributed by atoms with Gasteiger partial charge in [-0.25, -0.2) is 4.79 Å². The average Bonchev–Trinajstić information content (AvgIpc) is 3.21. The van der Waals surface area contributed by atoms with E-state index in [1.54, 1.807) is 12.1 Å². The Balaban J connectivity index is 1.86. The SMILES string of the molecule is C=CCNC(=O)COC(=O)c1ccc(NC(=O)c2ccco2)s1. The summed E-state index contributed by atoms with van der Waals surface area (Å²) in [7, 11) is 0. The zero-order valence-corrected chi connectivity index (χ0v) is 12.9. The molecule has 2 heterocycles. The van der Waals surface area contributed by atoms with Crippen LogP contribution >= 0.6 is 11.3 Å². The number of carbonyl (C=O) groups is 3. The van der Waals surface area contributed by atoms with Crippen molar-refractivity contribution < 1.29 is 23.5 Å². The van der Waals surface area contributed by atoms with Crippen molar-refractivity contribution in [1.29, 1.82) is 0 Å². The van der Waals surface area contributed by atoms with E-state index in [9.17, 15) is 14.4 Å². The molecule has 2 N–H and O–H groups in total. The Bertz CT molecular complexity index is 705. The number of thiophene rings is 1. The van der Waals surface area contributed by atoms with Crippen LogP contribution in [0.15, 0.2) is 47.6 Å². The number of hydrogen-bond acceptors (Lipinski definition) is 6. The lowest BCUT2D eigenvalue weighted by molar-refractivity contribution is -0.124. The molecule has 2 aromatic rings. The van der Waals surface area contributed by atoms with E-state index < -0.39 is 17.8 Å². The molecule has 0 atom stereocenters. The summed E-state index contributed by atoms with van der Waals surface area (Å²) in [6, 6.07) is 6.20. The van der Waals surface area contributed by atoms with Gasteiger partial charge >= 0.3 is 5.97 Å². The van der Waals surface area contributed by atoms with Crippen molar-refractivity contribution in [2.75, 3.05) is 18.5 Å². The minimum absolute atomic E-state index is 0.168. The maximum absolute atomic E-state index is 11.8. The van der Waals surface area contributed by atoms with Crippen molar-refractivity contribution in [3.63, 3.8) is 0 Å². The van der Waals surface area contributed by atoms with Gasteiger partial charge < -0.3 is 19.8 Å². The van der Waals surface area contributed by atoms with Crippen LogP contribution in [0.25, 0.3) is 0 Å². The molecule has 0 aliphatic carbocycles. The molecule has 0 spiro atoms. The number of hydrogen-bond donors (Lipinski definition) is 2. The molecule has 0 aliphatic rings. The van der Waals surface area contributed by atoms with E-state index in [1.165, 1.54) is 24.5 Å². The van der Waals surface area contributed by atoms with Gasteiger partial charge in [0.25, 0.3) is 11.8 Å². The molecule has 0 radical (unpaired) electrons. The first-order valence-corrected chi connectivity index (χ1v) is 7.41. The molecule has 8 heteroatoms. The predicted octanol–water partition coefficient (Wildman–Crippen LogP) is 2.05. The van der Waals surface area contributed by atoms with E-state index >= 15 is 0 Å². The summed E-state index contributed by atoms with van der Waals surface area (Å²) in [6.45, 7) is 3.39. The molecule has 7 nitrogen and oxygen atoms in total. The number of anilines is 1. The smallest absolute Gasteiger partial charge is 0.348 e. The van der Waals surface area contributed by atoms with Gasteiger partial charge in [0, 0.05) is 6.54 Å². The minimum atomic E-state index is -0.637. The van der Waals surface area contributed by atoms with Crippen LogP contribution in [0.5, 0.6) is 0 Å². The number of carbonyl (C=O) groups excluding carboxylic acids is 3. The van der Waals surface area contributed by atoms with Crippen LogP contribution in [0.3, 0.4) is 0 Å². The van der Waals surface area contributed by atoms with Crippen molar-refractivity contribution in [2.45, 2.75) is 0 Å². The van der Waals surface area contributed by atoms with E-state index in [0.29, 0.717) is 11.5 Å². The van der Waals surface area contributed by atoms with Crippen LogP contribution in [0, 0.1) is 0 Å². The Kier molecular flexibility index (Phi) is 5.70. The molecule has 23 heavy (non-hydrogen) atoms. The highest BCUT2D eigenvalue weighted by molar-refractivity contribution is 7.18. The molecular formula is C15H14N2O5S. The average molecular weight is 334 g/mol. The van der Waals surface area contributed by atoms with Crippen LogP contribution in [0.2, 0.25) is 0 Å². The molecule has 0 fully saturated rings. The summed E-state index contributed by atoms with van der Waals surface area (Å²) in [4.78, 5) is 35.2. The fourth-order valence-corrected chi connectivity index (χ4v) is 2.33. The Labute approximate surface area is 135 Å². The van der Waals surface area contributed by atoms with Gasteiger partial charge in [0.15, 0.2) is 12.4 Å². The minimum Gasteiger partial charge on any atom is -0.459 e. The zero-order chi connectivity index (χ0) is 16.7. The molecule has 120 valence electrons. The van der Waals surface area contributed by atoms with Crippen molar-refractivity contribution in [2.24, 2.45) is 0 Å². The summed E-state index contributed by atoms with van der Waals surface area (Å²) in [5.74, 6) is -1.30. The number of nitrogens with one attached hydrogen (secondary N) is 2. The summed E-state index contributed by atoms with van der Waals surface area (Å²) in [6.07, 6.45) is 2.91. The lowest BCUT2D eigenvalue weighted by atomic mass is 10.4. The third-order valence-electron chi connectivity index (χ3n) is 2.57. The third-order valence-corrected chi connectivity index (χ3v) is 3.55. The molecule has 0 unspecified atom stereocenters. The molecule has 0 saturated carbocycles. The first-order chi connectivity index (χ1) is 11.1. The molecule has 2 amide bonds. The number of amides is 2. The summed E-state index contributed by atoms with van der Waals surface area (Å²) in [5.41, 5.74) is 0. The Morgan fingerprint density at radius 1 is 1.30 bits per heavy atom. The van der Waals surface area contributed by atoms with Crippen LogP contribution in [-0.2, 0) is 9.53 Å². The Hall–Kier alpha value is -2.87. The van der Waals surface area contributed by atoms with Gasteiger partial charge in [-0.3, -0.25) is 9.59 Å². The van der Waals surface area contributed by atoms with Gasteiger partial charge in [-0.1, -0.05) is 6.08 Å². The van der Waals surface area contributed by atoms with Crippen LogP contribution in [0.1, 0.15) is 20.2 Å². The quantitative estimate of drug-likeness (QED) is 0.596.